The van der Waals surface area contributed by atoms with Crippen molar-refractivity contribution in [3.05, 3.63) is 34.5 Å². The highest BCUT2D eigenvalue weighted by Crippen LogP contribution is 2.19. The molecule has 126 valence electrons. The van der Waals surface area contributed by atoms with E-state index in [-0.39, 0.29) is 23.1 Å². The van der Waals surface area contributed by atoms with Crippen molar-refractivity contribution in [1.29, 1.82) is 0 Å². The van der Waals surface area contributed by atoms with Gasteiger partial charge in [-0.25, -0.2) is 14.5 Å². The fourth-order valence-corrected chi connectivity index (χ4v) is 2.73. The molecule has 0 saturated heterocycles. The van der Waals surface area contributed by atoms with Crippen LogP contribution in [0.5, 0.6) is 0 Å². The molecular weight excluding hydrogens is 312 g/mol. The molecule has 3 rings (SSSR count). The minimum absolute atomic E-state index is 0.0130. The second kappa shape index (κ2) is 5.91. The molecule has 0 aliphatic rings. The topological polar surface area (TPSA) is 119 Å². The lowest BCUT2D eigenvalue weighted by molar-refractivity contribution is 0.0697. The second-order valence-electron chi connectivity index (χ2n) is 6.17. The van der Waals surface area contributed by atoms with E-state index < -0.39 is 5.97 Å². The van der Waals surface area contributed by atoms with E-state index in [9.17, 15) is 9.59 Å². The van der Waals surface area contributed by atoms with Crippen LogP contribution in [0.25, 0.3) is 17.0 Å². The van der Waals surface area contributed by atoms with Crippen molar-refractivity contribution >= 4 is 17.0 Å². The van der Waals surface area contributed by atoms with Gasteiger partial charge in [0.1, 0.15) is 5.52 Å². The summed E-state index contributed by atoms with van der Waals surface area (Å²) in [6, 6.07) is 0.0690. The van der Waals surface area contributed by atoms with Gasteiger partial charge in [0.25, 0.3) is 5.56 Å². The molecule has 0 aromatic carbocycles. The molecule has 0 spiro atoms. The average Bonchev–Trinajstić information content (AvgIpc) is 3.13. The molecule has 0 amide bonds. The number of aromatic carboxylic acids is 1. The minimum Gasteiger partial charge on any atom is -0.478 e. The van der Waals surface area contributed by atoms with Gasteiger partial charge in [-0.3, -0.25) is 14.5 Å². The van der Waals surface area contributed by atoms with Crippen LogP contribution in [0.3, 0.4) is 0 Å². The molecule has 0 aliphatic carbocycles. The Morgan fingerprint density at radius 1 is 1.29 bits per heavy atom. The van der Waals surface area contributed by atoms with Gasteiger partial charge in [0.05, 0.1) is 24.0 Å². The highest BCUT2D eigenvalue weighted by atomic mass is 16.4. The Morgan fingerprint density at radius 2 is 2.04 bits per heavy atom. The number of aromatic nitrogens is 6. The van der Waals surface area contributed by atoms with Gasteiger partial charge in [0, 0.05) is 6.20 Å². The fourth-order valence-electron chi connectivity index (χ4n) is 2.73. The summed E-state index contributed by atoms with van der Waals surface area (Å²) >= 11 is 0. The Labute approximate surface area is 136 Å². The van der Waals surface area contributed by atoms with E-state index in [0.717, 1.165) is 6.42 Å². The highest BCUT2D eigenvalue weighted by molar-refractivity contribution is 5.87. The predicted molar refractivity (Wildman–Crippen MR) is 86.4 cm³/mol. The highest BCUT2D eigenvalue weighted by Gasteiger charge is 2.17. The normalized spacial score (nSPS) is 12.8. The fraction of sp³-hybridized carbons (Fsp3) is 0.400. The summed E-state index contributed by atoms with van der Waals surface area (Å²) in [4.78, 5) is 30.4. The Hall–Kier alpha value is -2.97. The monoisotopic (exact) mass is 330 g/mol. The van der Waals surface area contributed by atoms with Gasteiger partial charge in [-0.1, -0.05) is 13.8 Å². The van der Waals surface area contributed by atoms with Crippen LogP contribution < -0.4 is 5.56 Å². The zero-order valence-electron chi connectivity index (χ0n) is 13.6. The SMILES string of the molecule is CC(C)C[C@H](C)n1ncc2nc(-n3cc(C(=O)O)cn3)[nH]c(=O)c21. The van der Waals surface area contributed by atoms with Crippen LogP contribution in [-0.4, -0.2) is 40.6 Å². The predicted octanol–water partition coefficient (Wildman–Crippen LogP) is 1.61. The molecule has 0 unspecified atom stereocenters. The Balaban J connectivity index is 2.05. The molecule has 3 heterocycles. The van der Waals surface area contributed by atoms with Crippen molar-refractivity contribution < 1.29 is 9.90 Å². The van der Waals surface area contributed by atoms with Crippen molar-refractivity contribution in [2.24, 2.45) is 5.92 Å². The number of hydrogen-bond donors (Lipinski definition) is 2. The molecule has 3 aromatic heterocycles. The first-order valence-electron chi connectivity index (χ1n) is 7.62. The van der Waals surface area contributed by atoms with E-state index in [1.165, 1.54) is 23.3 Å². The van der Waals surface area contributed by atoms with Crippen molar-refractivity contribution in [3.8, 4) is 5.95 Å². The summed E-state index contributed by atoms with van der Waals surface area (Å²) in [5.74, 6) is -0.472. The molecule has 0 fully saturated rings. The summed E-state index contributed by atoms with van der Waals surface area (Å²) in [5, 5.41) is 17.1. The number of nitrogens with zero attached hydrogens (tertiary/aromatic N) is 5. The van der Waals surface area contributed by atoms with Crippen LogP contribution in [0.15, 0.2) is 23.4 Å². The quantitative estimate of drug-likeness (QED) is 0.733. The molecular formula is C15H18N6O3. The molecule has 0 aliphatic heterocycles. The summed E-state index contributed by atoms with van der Waals surface area (Å²) in [6.45, 7) is 6.23. The van der Waals surface area contributed by atoms with E-state index in [1.54, 1.807) is 4.68 Å². The first-order valence-corrected chi connectivity index (χ1v) is 7.62. The summed E-state index contributed by atoms with van der Waals surface area (Å²) in [7, 11) is 0. The van der Waals surface area contributed by atoms with Crippen molar-refractivity contribution in [2.45, 2.75) is 33.2 Å². The lowest BCUT2D eigenvalue weighted by atomic mass is 10.1. The number of aromatic amines is 1. The van der Waals surface area contributed by atoms with Gasteiger partial charge >= 0.3 is 5.97 Å². The molecule has 0 radical (unpaired) electrons. The molecule has 9 heteroatoms. The number of carbonyl (C=O) groups is 1. The van der Waals surface area contributed by atoms with Gasteiger partial charge in [0.2, 0.25) is 5.95 Å². The van der Waals surface area contributed by atoms with Crippen molar-refractivity contribution in [2.75, 3.05) is 0 Å². The number of fused-ring (bicyclic) bond motifs is 1. The number of H-pyrrole nitrogens is 1. The Bertz CT molecular complexity index is 952. The van der Waals surface area contributed by atoms with Crippen LogP contribution >= 0.6 is 0 Å². The van der Waals surface area contributed by atoms with Gasteiger partial charge in [0.15, 0.2) is 5.52 Å². The lowest BCUT2D eigenvalue weighted by Gasteiger charge is -2.15. The first-order chi connectivity index (χ1) is 11.4. The van der Waals surface area contributed by atoms with Crippen LogP contribution in [0, 0.1) is 5.92 Å². The smallest absolute Gasteiger partial charge is 0.338 e. The molecule has 24 heavy (non-hydrogen) atoms. The second-order valence-corrected chi connectivity index (χ2v) is 6.17. The summed E-state index contributed by atoms with van der Waals surface area (Å²) in [5.41, 5.74) is 0.517. The van der Waals surface area contributed by atoms with Crippen molar-refractivity contribution in [1.82, 2.24) is 29.5 Å². The largest absolute Gasteiger partial charge is 0.478 e. The van der Waals surface area contributed by atoms with Crippen LogP contribution in [0.4, 0.5) is 0 Å². The third kappa shape index (κ3) is 2.80. The van der Waals surface area contributed by atoms with Gasteiger partial charge < -0.3 is 5.11 Å². The zero-order chi connectivity index (χ0) is 17.4. The molecule has 1 atom stereocenters. The molecule has 2 N–H and O–H groups in total. The third-order valence-corrected chi connectivity index (χ3v) is 3.72. The van der Waals surface area contributed by atoms with Crippen LogP contribution in [0.2, 0.25) is 0 Å². The van der Waals surface area contributed by atoms with Gasteiger partial charge in [-0.2, -0.15) is 10.2 Å². The standard InChI is InChI=1S/C15H18N6O3/c1-8(2)4-9(3)21-12-11(6-17-21)18-15(19-13(12)22)20-7-10(5-16-20)14(23)24/h5-9H,4H2,1-3H3,(H,23,24)(H,18,19,22)/t9-/m0/s1. The van der Waals surface area contributed by atoms with Crippen LogP contribution in [-0.2, 0) is 0 Å². The summed E-state index contributed by atoms with van der Waals surface area (Å²) < 4.78 is 2.90. The Morgan fingerprint density at radius 3 is 2.67 bits per heavy atom. The molecule has 3 aromatic rings. The number of nitrogens with one attached hydrogen (secondary N) is 1. The number of carboxylic acids is 1. The maximum absolute atomic E-state index is 12.5. The van der Waals surface area contributed by atoms with Crippen molar-refractivity contribution in [3.63, 3.8) is 0 Å². The van der Waals surface area contributed by atoms with Gasteiger partial charge in [-0.15, -0.1) is 0 Å². The average molecular weight is 330 g/mol. The summed E-state index contributed by atoms with van der Waals surface area (Å²) in [6.07, 6.45) is 4.91. The minimum atomic E-state index is -1.10. The molecule has 0 bridgehead atoms. The third-order valence-electron chi connectivity index (χ3n) is 3.72. The van der Waals surface area contributed by atoms with Crippen LogP contribution in [0.1, 0.15) is 43.6 Å². The van der Waals surface area contributed by atoms with Gasteiger partial charge in [-0.05, 0) is 19.3 Å². The first kappa shape index (κ1) is 15.9. The maximum atomic E-state index is 12.5. The van der Waals surface area contributed by atoms with E-state index in [4.69, 9.17) is 5.11 Å². The van der Waals surface area contributed by atoms with E-state index in [0.29, 0.717) is 17.0 Å². The molecule has 0 saturated carbocycles. The zero-order valence-corrected chi connectivity index (χ0v) is 13.6. The number of hydrogen-bond acceptors (Lipinski definition) is 5. The number of rotatable bonds is 5. The number of carboxylic acid groups (broad SMARTS) is 1. The lowest BCUT2D eigenvalue weighted by Crippen LogP contribution is -2.19. The Kier molecular flexibility index (Phi) is 3.92. The van der Waals surface area contributed by atoms with E-state index in [2.05, 4.69) is 34.0 Å². The van der Waals surface area contributed by atoms with E-state index >= 15 is 0 Å². The molecule has 9 nitrogen and oxygen atoms in total. The maximum Gasteiger partial charge on any atom is 0.338 e. The van der Waals surface area contributed by atoms with E-state index in [1.807, 2.05) is 6.92 Å².